The SMILES string of the molecule is Cn1nc(CC(N)C2(C)CCCS2)c2ccccc21. The Hall–Kier alpha value is -1.00. The molecule has 1 aliphatic rings. The van der Waals surface area contributed by atoms with Crippen LogP contribution in [0, 0.1) is 0 Å². The van der Waals surface area contributed by atoms with Crippen LogP contribution in [0.15, 0.2) is 24.3 Å². The van der Waals surface area contributed by atoms with Gasteiger partial charge in [0, 0.05) is 29.6 Å². The maximum absolute atomic E-state index is 6.48. The molecule has 3 rings (SSSR count). The van der Waals surface area contributed by atoms with Crippen molar-refractivity contribution < 1.29 is 0 Å². The van der Waals surface area contributed by atoms with Gasteiger partial charge in [-0.15, -0.1) is 0 Å². The van der Waals surface area contributed by atoms with Crippen molar-refractivity contribution in [2.24, 2.45) is 12.8 Å². The highest BCUT2D eigenvalue weighted by atomic mass is 32.2. The Kier molecular flexibility index (Phi) is 3.31. The fraction of sp³-hybridized carbons (Fsp3) is 0.533. The number of para-hydroxylation sites is 1. The maximum Gasteiger partial charge on any atom is 0.0719 e. The van der Waals surface area contributed by atoms with Gasteiger partial charge in [0.05, 0.1) is 11.2 Å². The summed E-state index contributed by atoms with van der Waals surface area (Å²) in [6.45, 7) is 2.31. The van der Waals surface area contributed by atoms with E-state index in [2.05, 4.69) is 36.3 Å². The fourth-order valence-electron chi connectivity index (χ4n) is 2.96. The third kappa shape index (κ3) is 2.28. The first-order valence-corrected chi connectivity index (χ1v) is 7.89. The highest BCUT2D eigenvalue weighted by Crippen LogP contribution is 2.40. The van der Waals surface area contributed by atoms with E-state index >= 15 is 0 Å². The minimum Gasteiger partial charge on any atom is -0.326 e. The van der Waals surface area contributed by atoms with E-state index in [1.165, 1.54) is 29.5 Å². The molecule has 0 aliphatic carbocycles. The van der Waals surface area contributed by atoms with Crippen LogP contribution in [0.25, 0.3) is 10.9 Å². The van der Waals surface area contributed by atoms with Gasteiger partial charge in [0.25, 0.3) is 0 Å². The predicted octanol–water partition coefficient (Wildman–Crippen LogP) is 2.73. The molecule has 2 unspecified atom stereocenters. The number of nitrogens with zero attached hydrogens (tertiary/aromatic N) is 2. The number of hydrogen-bond acceptors (Lipinski definition) is 3. The van der Waals surface area contributed by atoms with Crippen molar-refractivity contribution in [2.45, 2.75) is 37.0 Å². The molecule has 1 aromatic carbocycles. The standard InChI is InChI=1S/C15H21N3S/c1-15(8-5-9-19-15)14(16)10-12-11-6-3-4-7-13(11)18(2)17-12/h3-4,6-7,14H,5,8-10,16H2,1-2H3. The molecule has 1 fully saturated rings. The molecule has 2 aromatic rings. The molecule has 1 aromatic heterocycles. The summed E-state index contributed by atoms with van der Waals surface area (Å²) in [6.07, 6.45) is 3.38. The van der Waals surface area contributed by atoms with Gasteiger partial charge < -0.3 is 5.73 Å². The molecule has 1 aliphatic heterocycles. The largest absolute Gasteiger partial charge is 0.326 e. The van der Waals surface area contributed by atoms with E-state index in [1.54, 1.807) is 0 Å². The summed E-state index contributed by atoms with van der Waals surface area (Å²) >= 11 is 2.02. The summed E-state index contributed by atoms with van der Waals surface area (Å²) in [5.74, 6) is 1.24. The number of nitrogens with two attached hydrogens (primary N) is 1. The summed E-state index contributed by atoms with van der Waals surface area (Å²) in [7, 11) is 2.00. The monoisotopic (exact) mass is 275 g/mol. The van der Waals surface area contributed by atoms with Crippen LogP contribution in [0.2, 0.25) is 0 Å². The molecular weight excluding hydrogens is 254 g/mol. The zero-order valence-electron chi connectivity index (χ0n) is 11.6. The van der Waals surface area contributed by atoms with Gasteiger partial charge in [-0.25, -0.2) is 0 Å². The minimum absolute atomic E-state index is 0.179. The van der Waals surface area contributed by atoms with Crippen molar-refractivity contribution in [1.82, 2.24) is 9.78 Å². The van der Waals surface area contributed by atoms with E-state index in [1.807, 2.05) is 23.5 Å². The molecule has 19 heavy (non-hydrogen) atoms. The van der Waals surface area contributed by atoms with Crippen LogP contribution >= 0.6 is 11.8 Å². The molecule has 102 valence electrons. The summed E-state index contributed by atoms with van der Waals surface area (Å²) in [4.78, 5) is 0. The number of rotatable bonds is 3. The van der Waals surface area contributed by atoms with Gasteiger partial charge >= 0.3 is 0 Å². The summed E-state index contributed by atoms with van der Waals surface area (Å²) in [5.41, 5.74) is 8.80. The molecule has 2 N–H and O–H groups in total. The van der Waals surface area contributed by atoms with Gasteiger partial charge in [-0.1, -0.05) is 18.2 Å². The molecule has 0 saturated carbocycles. The van der Waals surface area contributed by atoms with Crippen molar-refractivity contribution in [3.05, 3.63) is 30.0 Å². The second-order valence-corrected chi connectivity index (χ2v) is 7.29. The Morgan fingerprint density at radius 2 is 2.26 bits per heavy atom. The fourth-order valence-corrected chi connectivity index (χ4v) is 4.30. The Balaban J connectivity index is 1.89. The van der Waals surface area contributed by atoms with Gasteiger partial charge in [0.1, 0.15) is 0 Å². The van der Waals surface area contributed by atoms with E-state index in [-0.39, 0.29) is 10.8 Å². The van der Waals surface area contributed by atoms with Crippen LogP contribution in [-0.4, -0.2) is 26.3 Å². The highest BCUT2D eigenvalue weighted by Gasteiger charge is 2.36. The van der Waals surface area contributed by atoms with Gasteiger partial charge in [-0.05, 0) is 31.6 Å². The second kappa shape index (κ2) is 4.84. The van der Waals surface area contributed by atoms with Gasteiger partial charge in [-0.3, -0.25) is 4.68 Å². The molecule has 0 amide bonds. The van der Waals surface area contributed by atoms with Crippen molar-refractivity contribution in [2.75, 3.05) is 5.75 Å². The maximum atomic E-state index is 6.48. The zero-order chi connectivity index (χ0) is 13.5. The molecular formula is C15H21N3S. The van der Waals surface area contributed by atoms with Crippen LogP contribution in [0.1, 0.15) is 25.5 Å². The second-order valence-electron chi connectivity index (χ2n) is 5.66. The Bertz CT molecular complexity index is 584. The molecule has 1 saturated heterocycles. The average molecular weight is 275 g/mol. The lowest BCUT2D eigenvalue weighted by molar-refractivity contribution is 0.478. The Morgan fingerprint density at radius 1 is 1.47 bits per heavy atom. The Morgan fingerprint density at radius 3 is 3.00 bits per heavy atom. The van der Waals surface area contributed by atoms with Crippen LogP contribution < -0.4 is 5.73 Å². The van der Waals surface area contributed by atoms with E-state index in [4.69, 9.17) is 5.73 Å². The van der Waals surface area contributed by atoms with Crippen molar-refractivity contribution in [1.29, 1.82) is 0 Å². The lowest BCUT2D eigenvalue weighted by atomic mass is 9.92. The van der Waals surface area contributed by atoms with Crippen LogP contribution in [0.4, 0.5) is 0 Å². The molecule has 2 atom stereocenters. The lowest BCUT2D eigenvalue weighted by Gasteiger charge is -2.29. The minimum atomic E-state index is 0.179. The lowest BCUT2D eigenvalue weighted by Crippen LogP contribution is -2.42. The summed E-state index contributed by atoms with van der Waals surface area (Å²) in [6, 6.07) is 8.57. The summed E-state index contributed by atoms with van der Waals surface area (Å²) < 4.78 is 2.18. The van der Waals surface area contributed by atoms with Gasteiger partial charge in [0.15, 0.2) is 0 Å². The average Bonchev–Trinajstić information content (AvgIpc) is 2.97. The first-order valence-electron chi connectivity index (χ1n) is 6.90. The third-order valence-corrected chi connectivity index (χ3v) is 5.94. The molecule has 4 heteroatoms. The third-order valence-electron chi connectivity index (χ3n) is 4.28. The van der Waals surface area contributed by atoms with Gasteiger partial charge in [-0.2, -0.15) is 16.9 Å². The number of aryl methyl sites for hydroxylation is 1. The number of fused-ring (bicyclic) bond motifs is 1. The number of hydrogen-bond donors (Lipinski definition) is 1. The smallest absolute Gasteiger partial charge is 0.0719 e. The van der Waals surface area contributed by atoms with Crippen molar-refractivity contribution in [3.63, 3.8) is 0 Å². The van der Waals surface area contributed by atoms with E-state index < -0.39 is 0 Å². The van der Waals surface area contributed by atoms with Crippen LogP contribution in [0.5, 0.6) is 0 Å². The van der Waals surface area contributed by atoms with Crippen molar-refractivity contribution in [3.8, 4) is 0 Å². The molecule has 2 heterocycles. The van der Waals surface area contributed by atoms with Crippen molar-refractivity contribution >= 4 is 22.7 Å². The van der Waals surface area contributed by atoms with Gasteiger partial charge in [0.2, 0.25) is 0 Å². The summed E-state index contributed by atoms with van der Waals surface area (Å²) in [5, 5.41) is 5.90. The first-order chi connectivity index (χ1) is 9.10. The molecule has 3 nitrogen and oxygen atoms in total. The molecule has 0 spiro atoms. The zero-order valence-corrected chi connectivity index (χ0v) is 12.4. The van der Waals surface area contributed by atoms with E-state index in [9.17, 15) is 0 Å². The predicted molar refractivity (Wildman–Crippen MR) is 82.5 cm³/mol. The topological polar surface area (TPSA) is 43.8 Å². The Labute approximate surface area is 118 Å². The number of benzene rings is 1. The quantitative estimate of drug-likeness (QED) is 0.936. The molecule has 0 radical (unpaired) electrons. The van der Waals surface area contributed by atoms with Crippen LogP contribution in [0.3, 0.4) is 0 Å². The first kappa shape index (κ1) is 13.0. The number of aromatic nitrogens is 2. The van der Waals surface area contributed by atoms with E-state index in [0.29, 0.717) is 0 Å². The highest BCUT2D eigenvalue weighted by molar-refractivity contribution is 8.00. The molecule has 0 bridgehead atoms. The number of thioether (sulfide) groups is 1. The van der Waals surface area contributed by atoms with E-state index in [0.717, 1.165) is 12.1 Å². The van der Waals surface area contributed by atoms with Crippen LogP contribution in [-0.2, 0) is 13.5 Å². The normalized spacial score (nSPS) is 25.0.